The number of esters is 3. The maximum atomic E-state index is 12.9. The van der Waals surface area contributed by atoms with Gasteiger partial charge in [-0.05, 0) is 135 Å². The number of carbonyl (C=O) groups excluding carboxylic acids is 3. The molecule has 1 unspecified atom stereocenters. The second kappa shape index (κ2) is 64.1. The summed E-state index contributed by atoms with van der Waals surface area (Å²) >= 11 is 0. The van der Waals surface area contributed by atoms with E-state index < -0.39 is 6.10 Å². The number of rotatable bonds is 56. The third-order valence-electron chi connectivity index (χ3n) is 13.1. The molecule has 0 aliphatic carbocycles. The summed E-state index contributed by atoms with van der Waals surface area (Å²) in [5, 5.41) is 0. The van der Waals surface area contributed by atoms with Gasteiger partial charge in [-0.25, -0.2) is 0 Å². The summed E-state index contributed by atoms with van der Waals surface area (Å²) in [4.78, 5) is 38.3. The Morgan fingerprint density at radius 3 is 0.857 bits per heavy atom. The van der Waals surface area contributed by atoms with E-state index in [1.165, 1.54) is 103 Å². The van der Waals surface area contributed by atoms with Crippen LogP contribution in [0.15, 0.2) is 134 Å². The van der Waals surface area contributed by atoms with Gasteiger partial charge in [0, 0.05) is 19.3 Å². The summed E-state index contributed by atoms with van der Waals surface area (Å²) < 4.78 is 16.9. The molecule has 1 atom stereocenters. The van der Waals surface area contributed by atoms with Crippen molar-refractivity contribution in [2.24, 2.45) is 0 Å². The quantitative estimate of drug-likeness (QED) is 0.0261. The largest absolute Gasteiger partial charge is 0.462 e. The summed E-state index contributed by atoms with van der Waals surface area (Å²) in [6.45, 7) is 6.45. The van der Waals surface area contributed by atoms with Crippen molar-refractivity contribution in [1.82, 2.24) is 0 Å². The Morgan fingerprint density at radius 2 is 0.519 bits per heavy atom. The van der Waals surface area contributed by atoms with Gasteiger partial charge in [0.05, 0.1) is 0 Å². The minimum Gasteiger partial charge on any atom is -0.462 e. The van der Waals surface area contributed by atoms with E-state index in [1.807, 2.05) is 0 Å². The van der Waals surface area contributed by atoms with Crippen LogP contribution in [0.1, 0.15) is 278 Å². The Hall–Kier alpha value is -4.45. The van der Waals surface area contributed by atoms with E-state index in [9.17, 15) is 14.4 Å². The first-order valence-electron chi connectivity index (χ1n) is 31.7. The highest BCUT2D eigenvalue weighted by atomic mass is 16.6. The van der Waals surface area contributed by atoms with Crippen molar-refractivity contribution in [2.45, 2.75) is 284 Å². The monoisotopic (exact) mass is 1060 g/mol. The van der Waals surface area contributed by atoms with Crippen LogP contribution in [0.25, 0.3) is 0 Å². The Kier molecular flexibility index (Phi) is 60.4. The number of ether oxygens (including phenoxy) is 3. The lowest BCUT2D eigenvalue weighted by molar-refractivity contribution is -0.167. The third-order valence-corrected chi connectivity index (χ3v) is 13.1. The molecule has 77 heavy (non-hydrogen) atoms. The Morgan fingerprint density at radius 1 is 0.273 bits per heavy atom. The van der Waals surface area contributed by atoms with Gasteiger partial charge in [-0.15, -0.1) is 0 Å². The van der Waals surface area contributed by atoms with E-state index in [1.54, 1.807) is 0 Å². The summed E-state index contributed by atoms with van der Waals surface area (Å²) in [6, 6.07) is 0. The Balaban J connectivity index is 4.53. The number of unbranched alkanes of at least 4 members (excludes halogenated alkanes) is 23. The van der Waals surface area contributed by atoms with Crippen molar-refractivity contribution < 1.29 is 28.6 Å². The van der Waals surface area contributed by atoms with Gasteiger partial charge in [-0.3, -0.25) is 14.4 Å². The molecule has 0 aromatic heterocycles. The molecule has 0 aromatic carbocycles. The Bertz CT molecular complexity index is 1650. The molecule has 0 amide bonds. The zero-order valence-electron chi connectivity index (χ0n) is 49.9. The van der Waals surface area contributed by atoms with Crippen molar-refractivity contribution in [2.75, 3.05) is 13.2 Å². The second-order valence-corrected chi connectivity index (χ2v) is 20.6. The van der Waals surface area contributed by atoms with Gasteiger partial charge in [0.25, 0.3) is 0 Å². The average Bonchev–Trinajstić information content (AvgIpc) is 3.43. The minimum atomic E-state index is -0.818. The van der Waals surface area contributed by atoms with Crippen molar-refractivity contribution in [1.29, 1.82) is 0 Å². The summed E-state index contributed by atoms with van der Waals surface area (Å²) in [6.07, 6.45) is 90.2. The van der Waals surface area contributed by atoms with E-state index in [0.717, 1.165) is 128 Å². The average molecular weight is 1070 g/mol. The van der Waals surface area contributed by atoms with Crippen LogP contribution in [0.5, 0.6) is 0 Å². The fourth-order valence-corrected chi connectivity index (χ4v) is 8.37. The normalized spacial score (nSPS) is 13.0. The molecule has 0 heterocycles. The molecular weight excluding hydrogens is 949 g/mol. The molecule has 0 spiro atoms. The second-order valence-electron chi connectivity index (χ2n) is 20.6. The number of hydrogen-bond acceptors (Lipinski definition) is 6. The first-order valence-corrected chi connectivity index (χ1v) is 31.7. The van der Waals surface area contributed by atoms with Crippen LogP contribution in [-0.4, -0.2) is 37.2 Å². The SMILES string of the molecule is CC/C=C\C/C=C\C/C=C\C/C=C\C/C=C\C/C=C\C/C=C\CCCC(=O)OCC(COC(=O)CCCCCCC/C=C\CCCCCCCC)OC(=O)CCCCCCCC/C=C\C/C=C\C/C=C\CCCCCCC. The minimum absolute atomic E-state index is 0.109. The van der Waals surface area contributed by atoms with E-state index >= 15 is 0 Å². The van der Waals surface area contributed by atoms with E-state index in [2.05, 4.69) is 154 Å². The summed E-state index contributed by atoms with van der Waals surface area (Å²) in [5.74, 6) is -0.991. The van der Waals surface area contributed by atoms with Crippen LogP contribution < -0.4 is 0 Å². The molecular formula is C71H116O6. The van der Waals surface area contributed by atoms with Crippen LogP contribution in [-0.2, 0) is 28.6 Å². The van der Waals surface area contributed by atoms with E-state index in [-0.39, 0.29) is 37.5 Å². The molecule has 0 aromatic rings. The van der Waals surface area contributed by atoms with Gasteiger partial charge in [-0.1, -0.05) is 257 Å². The van der Waals surface area contributed by atoms with Crippen molar-refractivity contribution in [3.8, 4) is 0 Å². The predicted octanol–water partition coefficient (Wildman–Crippen LogP) is 21.8. The molecule has 0 rings (SSSR count). The molecule has 0 aliphatic rings. The van der Waals surface area contributed by atoms with Crippen LogP contribution >= 0.6 is 0 Å². The van der Waals surface area contributed by atoms with Gasteiger partial charge < -0.3 is 14.2 Å². The molecule has 0 saturated heterocycles. The zero-order chi connectivity index (χ0) is 55.7. The molecule has 0 fully saturated rings. The van der Waals surface area contributed by atoms with E-state index in [4.69, 9.17) is 14.2 Å². The smallest absolute Gasteiger partial charge is 0.306 e. The lowest BCUT2D eigenvalue weighted by Gasteiger charge is -2.18. The number of hydrogen-bond donors (Lipinski definition) is 0. The van der Waals surface area contributed by atoms with E-state index in [0.29, 0.717) is 19.3 Å². The van der Waals surface area contributed by atoms with Gasteiger partial charge in [0.15, 0.2) is 6.10 Å². The number of carbonyl (C=O) groups is 3. The predicted molar refractivity (Wildman–Crippen MR) is 334 cm³/mol. The lowest BCUT2D eigenvalue weighted by atomic mass is 10.1. The van der Waals surface area contributed by atoms with Crippen molar-refractivity contribution in [3.63, 3.8) is 0 Å². The highest BCUT2D eigenvalue weighted by Gasteiger charge is 2.19. The molecule has 6 heteroatoms. The molecule has 0 N–H and O–H groups in total. The van der Waals surface area contributed by atoms with Crippen LogP contribution in [0.2, 0.25) is 0 Å². The van der Waals surface area contributed by atoms with Crippen LogP contribution in [0, 0.1) is 0 Å². The highest BCUT2D eigenvalue weighted by Crippen LogP contribution is 2.14. The highest BCUT2D eigenvalue weighted by molar-refractivity contribution is 5.71. The molecule has 6 nitrogen and oxygen atoms in total. The van der Waals surface area contributed by atoms with Crippen molar-refractivity contribution in [3.05, 3.63) is 134 Å². The van der Waals surface area contributed by atoms with Gasteiger partial charge in [-0.2, -0.15) is 0 Å². The number of allylic oxidation sites excluding steroid dienone is 22. The standard InChI is InChI=1S/C71H116O6/c1-4-7-10-13-16-19-22-25-28-30-32-34-35-37-38-40-43-46-49-52-55-58-61-64-70(73)76-67-68(66-75-69(72)63-60-57-54-51-48-45-42-27-24-21-18-15-12-9-6-3)77-71(74)65-62-59-56-53-50-47-44-41-39-36-33-31-29-26-23-20-17-14-11-8-5-2/h7,10,16,19,23,25-28,31-34,37-39,41-43,46,52,55,68H,4-6,8-9,11-15,17-18,20-22,24,29-30,35-36,40,44-45,47-51,53-54,56-67H2,1-3H3/b10-7-,19-16-,26-23-,28-25-,33-31-,34-32-,38-37-,41-39-,42-27-,46-43-,55-52-. The van der Waals surface area contributed by atoms with Crippen LogP contribution in [0.4, 0.5) is 0 Å². The molecule has 436 valence electrons. The zero-order valence-corrected chi connectivity index (χ0v) is 49.9. The lowest BCUT2D eigenvalue weighted by Crippen LogP contribution is -2.30. The maximum Gasteiger partial charge on any atom is 0.306 e. The van der Waals surface area contributed by atoms with Gasteiger partial charge in [0.2, 0.25) is 0 Å². The molecule has 0 aliphatic heterocycles. The topological polar surface area (TPSA) is 78.9 Å². The fourth-order valence-electron chi connectivity index (χ4n) is 8.37. The van der Waals surface area contributed by atoms with Crippen molar-refractivity contribution >= 4 is 17.9 Å². The van der Waals surface area contributed by atoms with Crippen LogP contribution in [0.3, 0.4) is 0 Å². The molecule has 0 radical (unpaired) electrons. The molecule has 0 saturated carbocycles. The Labute approximate surface area is 475 Å². The maximum absolute atomic E-state index is 12.9. The van der Waals surface area contributed by atoms with Gasteiger partial charge in [0.1, 0.15) is 13.2 Å². The first kappa shape index (κ1) is 72.5. The summed E-state index contributed by atoms with van der Waals surface area (Å²) in [5.41, 5.74) is 0. The third kappa shape index (κ3) is 62.3. The summed E-state index contributed by atoms with van der Waals surface area (Å²) in [7, 11) is 0. The fraction of sp³-hybridized carbons (Fsp3) is 0.648. The first-order chi connectivity index (χ1) is 38.0. The molecule has 0 bridgehead atoms. The van der Waals surface area contributed by atoms with Gasteiger partial charge >= 0.3 is 17.9 Å².